The molecule has 0 unspecified atom stereocenters. The second kappa shape index (κ2) is 8.54. The van der Waals surface area contributed by atoms with Gasteiger partial charge < -0.3 is 5.73 Å². The first kappa shape index (κ1) is 21.5. The second-order valence-corrected chi connectivity index (χ2v) is 7.78. The van der Waals surface area contributed by atoms with Gasteiger partial charge in [0.2, 0.25) is 5.95 Å². The van der Waals surface area contributed by atoms with Gasteiger partial charge in [-0.2, -0.15) is 5.10 Å². The maximum Gasteiger partial charge on any atom is 0.329 e. The van der Waals surface area contributed by atoms with Crippen molar-refractivity contribution >= 4 is 23.4 Å². The summed E-state index contributed by atoms with van der Waals surface area (Å²) in [5.41, 5.74) is 8.99. The third kappa shape index (κ3) is 3.83. The largest absolute Gasteiger partial charge is 0.368 e. The summed E-state index contributed by atoms with van der Waals surface area (Å²) < 4.78 is 30.0. The van der Waals surface area contributed by atoms with Crippen LogP contribution in [0.5, 0.6) is 0 Å². The number of anilines is 3. The molecule has 0 bridgehead atoms. The topological polar surface area (TPSA) is 93.2 Å². The molecule has 2 aromatic carbocycles. The molecule has 0 aliphatic carbocycles. The van der Waals surface area contributed by atoms with E-state index in [4.69, 9.17) is 5.73 Å². The van der Waals surface area contributed by atoms with Gasteiger partial charge in [-0.3, -0.25) is 14.5 Å². The summed E-state index contributed by atoms with van der Waals surface area (Å²) >= 11 is 0. The first-order chi connectivity index (χ1) is 16.4. The van der Waals surface area contributed by atoms with Crippen molar-refractivity contribution in [3.05, 3.63) is 72.6 Å². The van der Waals surface area contributed by atoms with Crippen molar-refractivity contribution in [2.75, 3.05) is 28.6 Å². The Morgan fingerprint density at radius 3 is 2.53 bits per heavy atom. The molecular formula is C24H21F2N7O. The van der Waals surface area contributed by atoms with E-state index in [1.165, 1.54) is 40.1 Å². The zero-order chi connectivity index (χ0) is 23.8. The molecule has 3 heterocycles. The first-order valence-corrected chi connectivity index (χ1v) is 10.8. The molecule has 0 saturated carbocycles. The molecule has 1 fully saturated rings. The van der Waals surface area contributed by atoms with Crippen molar-refractivity contribution in [1.29, 1.82) is 0 Å². The van der Waals surface area contributed by atoms with Gasteiger partial charge in [-0.05, 0) is 55.0 Å². The van der Waals surface area contributed by atoms with Gasteiger partial charge in [0, 0.05) is 43.3 Å². The molecule has 1 aliphatic heterocycles. The van der Waals surface area contributed by atoms with Crippen LogP contribution in [-0.4, -0.2) is 38.9 Å². The Bertz CT molecular complexity index is 1370. The summed E-state index contributed by atoms with van der Waals surface area (Å²) in [5, 5.41) is 4.60. The Balaban J connectivity index is 1.53. The first-order valence-electron chi connectivity index (χ1n) is 10.8. The number of nitrogens with two attached hydrogens (primary N) is 1. The Hall–Kier alpha value is -4.34. The van der Waals surface area contributed by atoms with Crippen LogP contribution in [0.4, 0.5) is 30.9 Å². The second-order valence-electron chi connectivity index (χ2n) is 7.78. The van der Waals surface area contributed by atoms with Gasteiger partial charge in [0.05, 0.1) is 11.4 Å². The van der Waals surface area contributed by atoms with Crippen LogP contribution in [0.25, 0.3) is 22.5 Å². The average Bonchev–Trinajstić information content (AvgIpc) is 3.44. The van der Waals surface area contributed by atoms with Crippen molar-refractivity contribution in [1.82, 2.24) is 19.7 Å². The minimum Gasteiger partial charge on any atom is -0.368 e. The van der Waals surface area contributed by atoms with Gasteiger partial charge in [-0.1, -0.05) is 6.07 Å². The van der Waals surface area contributed by atoms with Crippen molar-refractivity contribution in [3.63, 3.8) is 0 Å². The van der Waals surface area contributed by atoms with Crippen molar-refractivity contribution in [2.45, 2.75) is 13.5 Å². The van der Waals surface area contributed by atoms with Crippen LogP contribution in [0.2, 0.25) is 0 Å². The predicted octanol–water partition coefficient (Wildman–Crippen LogP) is 4.33. The Morgan fingerprint density at radius 1 is 1.03 bits per heavy atom. The maximum atomic E-state index is 14.9. The van der Waals surface area contributed by atoms with Crippen LogP contribution >= 0.6 is 0 Å². The van der Waals surface area contributed by atoms with E-state index in [9.17, 15) is 13.6 Å². The van der Waals surface area contributed by atoms with E-state index in [2.05, 4.69) is 15.1 Å². The molecule has 172 valence electrons. The van der Waals surface area contributed by atoms with E-state index in [0.29, 0.717) is 42.3 Å². The summed E-state index contributed by atoms with van der Waals surface area (Å²) in [7, 11) is 0. The lowest BCUT2D eigenvalue weighted by molar-refractivity contribution is 0.255. The summed E-state index contributed by atoms with van der Waals surface area (Å²) in [5.74, 6) is -0.786. The third-order valence-corrected chi connectivity index (χ3v) is 5.70. The normalized spacial score (nSPS) is 13.7. The van der Waals surface area contributed by atoms with Crippen LogP contribution in [0.1, 0.15) is 6.92 Å². The predicted molar refractivity (Wildman–Crippen MR) is 125 cm³/mol. The standard InChI is InChI=1S/C24H21F2N7O/c1-2-31-14-18(22(30-31)20-9-10-28-23(27)29-20)15-3-8-19(26)21(13-15)33-12-11-32(24(33)34)17-6-4-16(25)5-7-17/h3-10,13-14H,2,11-12H2,1H3,(H2,27,28,29). The highest BCUT2D eigenvalue weighted by molar-refractivity contribution is 6.06. The summed E-state index contributed by atoms with van der Waals surface area (Å²) in [4.78, 5) is 24.2. The zero-order valence-electron chi connectivity index (χ0n) is 18.3. The summed E-state index contributed by atoms with van der Waals surface area (Å²) in [6.07, 6.45) is 3.40. The molecule has 2 N–H and O–H groups in total. The number of urea groups is 1. The number of amides is 2. The van der Waals surface area contributed by atoms with Gasteiger partial charge >= 0.3 is 6.03 Å². The van der Waals surface area contributed by atoms with Crippen LogP contribution in [0.15, 0.2) is 60.9 Å². The monoisotopic (exact) mass is 461 g/mol. The molecule has 10 heteroatoms. The number of benzene rings is 2. The lowest BCUT2D eigenvalue weighted by Crippen LogP contribution is -2.32. The van der Waals surface area contributed by atoms with Crippen LogP contribution in [0, 0.1) is 11.6 Å². The molecule has 34 heavy (non-hydrogen) atoms. The molecule has 0 atom stereocenters. The SMILES string of the molecule is CCn1cc(-c2ccc(F)c(N3CCN(c4ccc(F)cc4)C3=O)c2)c(-c2ccnc(N)n2)n1. The lowest BCUT2D eigenvalue weighted by Gasteiger charge is -2.20. The number of aryl methyl sites for hydroxylation is 1. The molecule has 8 nitrogen and oxygen atoms in total. The number of halogens is 2. The Labute approximate surface area is 194 Å². The molecule has 4 aromatic rings. The number of nitrogen functional groups attached to an aromatic ring is 1. The number of hydrogen-bond acceptors (Lipinski definition) is 5. The Morgan fingerprint density at radius 2 is 1.79 bits per heavy atom. The van der Waals surface area contributed by atoms with Gasteiger partial charge in [0.15, 0.2) is 0 Å². The van der Waals surface area contributed by atoms with E-state index in [1.54, 1.807) is 29.1 Å². The highest BCUT2D eigenvalue weighted by Gasteiger charge is 2.32. The van der Waals surface area contributed by atoms with E-state index in [0.717, 1.165) is 5.56 Å². The zero-order valence-corrected chi connectivity index (χ0v) is 18.3. The number of aromatic nitrogens is 4. The number of hydrogen-bond donors (Lipinski definition) is 1. The quantitative estimate of drug-likeness (QED) is 0.477. The van der Waals surface area contributed by atoms with Gasteiger partial charge in [0.25, 0.3) is 0 Å². The minimum atomic E-state index is -0.520. The van der Waals surface area contributed by atoms with E-state index < -0.39 is 5.82 Å². The molecular weight excluding hydrogens is 440 g/mol. The number of carbonyl (C=O) groups excluding carboxylic acids is 1. The fourth-order valence-corrected chi connectivity index (χ4v) is 4.00. The minimum absolute atomic E-state index is 0.123. The molecule has 5 rings (SSSR count). The number of nitrogens with zero attached hydrogens (tertiary/aromatic N) is 6. The van der Waals surface area contributed by atoms with Crippen molar-refractivity contribution in [2.24, 2.45) is 0 Å². The van der Waals surface area contributed by atoms with E-state index in [1.807, 2.05) is 13.1 Å². The van der Waals surface area contributed by atoms with Crippen molar-refractivity contribution in [3.8, 4) is 22.5 Å². The van der Waals surface area contributed by atoms with Crippen LogP contribution < -0.4 is 15.5 Å². The highest BCUT2D eigenvalue weighted by atomic mass is 19.1. The van der Waals surface area contributed by atoms with E-state index >= 15 is 0 Å². The molecule has 1 aliphatic rings. The van der Waals surface area contributed by atoms with Gasteiger partial charge in [-0.15, -0.1) is 0 Å². The fourth-order valence-electron chi connectivity index (χ4n) is 4.00. The summed E-state index contributed by atoms with van der Waals surface area (Å²) in [6, 6.07) is 11.6. The van der Waals surface area contributed by atoms with Crippen LogP contribution in [-0.2, 0) is 6.54 Å². The molecule has 2 amide bonds. The Kier molecular flexibility index (Phi) is 5.40. The smallest absolute Gasteiger partial charge is 0.329 e. The van der Waals surface area contributed by atoms with Crippen LogP contribution in [0.3, 0.4) is 0 Å². The van der Waals surface area contributed by atoms with Crippen molar-refractivity contribution < 1.29 is 13.6 Å². The third-order valence-electron chi connectivity index (χ3n) is 5.70. The number of rotatable bonds is 5. The maximum absolute atomic E-state index is 14.9. The average molecular weight is 461 g/mol. The van der Waals surface area contributed by atoms with Gasteiger partial charge in [0.1, 0.15) is 17.3 Å². The summed E-state index contributed by atoms with van der Waals surface area (Å²) in [6.45, 7) is 3.23. The number of carbonyl (C=O) groups is 1. The van der Waals surface area contributed by atoms with Gasteiger partial charge in [-0.25, -0.2) is 23.5 Å². The lowest BCUT2D eigenvalue weighted by atomic mass is 10.0. The highest BCUT2D eigenvalue weighted by Crippen LogP contribution is 2.35. The van der Waals surface area contributed by atoms with E-state index in [-0.39, 0.29) is 23.5 Å². The molecule has 0 radical (unpaired) electrons. The molecule has 1 saturated heterocycles. The fraction of sp³-hybridized carbons (Fsp3) is 0.167. The molecule has 2 aromatic heterocycles. The molecule has 0 spiro atoms.